The molecule has 0 bridgehead atoms. The Bertz CT molecular complexity index is 2410. The molecule has 0 spiro atoms. The zero-order chi connectivity index (χ0) is 28.2. The van der Waals surface area contributed by atoms with E-state index in [1.54, 1.807) is 18.2 Å². The highest BCUT2D eigenvalue weighted by atomic mass is 15.0. The van der Waals surface area contributed by atoms with Gasteiger partial charge in [-0.1, -0.05) is 66.7 Å². The van der Waals surface area contributed by atoms with E-state index < -0.39 is 0 Å². The van der Waals surface area contributed by atoms with Crippen molar-refractivity contribution >= 4 is 43.6 Å². The molecule has 0 saturated carbocycles. The van der Waals surface area contributed by atoms with Gasteiger partial charge in [-0.3, -0.25) is 0 Å². The van der Waals surface area contributed by atoms with Crippen LogP contribution in [-0.2, 0) is 0 Å². The fourth-order valence-corrected chi connectivity index (χ4v) is 6.30. The fraction of sp³-hybridized carbons (Fsp3) is 0. The minimum absolute atomic E-state index is 0.535. The molecule has 0 N–H and O–H groups in total. The van der Waals surface area contributed by atoms with Crippen LogP contribution in [0.15, 0.2) is 133 Å². The Morgan fingerprint density at radius 1 is 0.429 bits per heavy atom. The number of nitriles is 2. The molecule has 8 aromatic rings. The van der Waals surface area contributed by atoms with Crippen LogP contribution in [0.3, 0.4) is 0 Å². The van der Waals surface area contributed by atoms with Gasteiger partial charge in [0.15, 0.2) is 0 Å². The van der Waals surface area contributed by atoms with Crippen molar-refractivity contribution in [1.29, 1.82) is 10.5 Å². The van der Waals surface area contributed by atoms with Crippen LogP contribution in [0.5, 0.6) is 0 Å². The lowest BCUT2D eigenvalue weighted by atomic mass is 9.98. The molecule has 0 aliphatic rings. The summed E-state index contributed by atoms with van der Waals surface area (Å²) in [7, 11) is 0. The van der Waals surface area contributed by atoms with Crippen LogP contribution in [0.4, 0.5) is 0 Å². The van der Waals surface area contributed by atoms with E-state index in [9.17, 15) is 10.5 Å². The van der Waals surface area contributed by atoms with E-state index >= 15 is 0 Å². The number of hydrogen-bond donors (Lipinski definition) is 0. The van der Waals surface area contributed by atoms with E-state index in [1.165, 1.54) is 27.1 Å². The van der Waals surface area contributed by atoms with Crippen molar-refractivity contribution in [3.8, 4) is 34.6 Å². The largest absolute Gasteiger partial charge is 0.309 e. The standard InChI is InChI=1S/C38H22N4/c39-23-25-14-15-27(24-40)32(20-25)26-16-18-29(19-17-26)42-36-13-7-5-11-31(36)34-21-33-30-10-4-6-12-35(30)41(37(33)22-38(34)42)28-8-2-1-3-9-28/h1-22H. The summed E-state index contributed by atoms with van der Waals surface area (Å²) in [5, 5.41) is 24.0. The Labute approximate surface area is 242 Å². The first-order valence-corrected chi connectivity index (χ1v) is 13.8. The highest BCUT2D eigenvalue weighted by Gasteiger charge is 2.18. The van der Waals surface area contributed by atoms with E-state index in [0.29, 0.717) is 11.1 Å². The highest BCUT2D eigenvalue weighted by Crippen LogP contribution is 2.39. The monoisotopic (exact) mass is 534 g/mol. The van der Waals surface area contributed by atoms with Gasteiger partial charge in [0.25, 0.3) is 0 Å². The molecule has 0 aliphatic heterocycles. The fourth-order valence-electron chi connectivity index (χ4n) is 6.30. The third-order valence-corrected chi connectivity index (χ3v) is 8.19. The van der Waals surface area contributed by atoms with Crippen molar-refractivity contribution < 1.29 is 0 Å². The van der Waals surface area contributed by atoms with Crippen molar-refractivity contribution in [2.75, 3.05) is 0 Å². The predicted octanol–water partition coefficient (Wildman–Crippen LogP) is 9.29. The molecular weight excluding hydrogens is 512 g/mol. The van der Waals surface area contributed by atoms with Gasteiger partial charge in [0, 0.05) is 38.5 Å². The van der Waals surface area contributed by atoms with Crippen LogP contribution < -0.4 is 0 Å². The first-order chi connectivity index (χ1) is 20.7. The molecule has 0 unspecified atom stereocenters. The molecule has 0 saturated heterocycles. The van der Waals surface area contributed by atoms with Gasteiger partial charge in [0.2, 0.25) is 0 Å². The molecule has 0 atom stereocenters. The van der Waals surface area contributed by atoms with Gasteiger partial charge in [0.05, 0.1) is 45.3 Å². The Balaban J connectivity index is 1.41. The summed E-state index contributed by atoms with van der Waals surface area (Å²) in [6.45, 7) is 0. The first-order valence-electron chi connectivity index (χ1n) is 13.8. The van der Waals surface area contributed by atoms with Gasteiger partial charge >= 0.3 is 0 Å². The molecule has 0 radical (unpaired) electrons. The smallest absolute Gasteiger partial charge is 0.0998 e. The summed E-state index contributed by atoms with van der Waals surface area (Å²) >= 11 is 0. The van der Waals surface area contributed by atoms with Crippen molar-refractivity contribution in [3.63, 3.8) is 0 Å². The number of para-hydroxylation sites is 3. The van der Waals surface area contributed by atoms with Crippen molar-refractivity contribution in [1.82, 2.24) is 9.13 Å². The Morgan fingerprint density at radius 3 is 1.60 bits per heavy atom. The topological polar surface area (TPSA) is 57.4 Å². The third kappa shape index (κ3) is 3.47. The van der Waals surface area contributed by atoms with E-state index in [1.807, 2.05) is 18.2 Å². The zero-order valence-corrected chi connectivity index (χ0v) is 22.5. The van der Waals surface area contributed by atoms with Crippen LogP contribution in [0, 0.1) is 22.7 Å². The molecule has 0 amide bonds. The lowest BCUT2D eigenvalue weighted by molar-refractivity contribution is 1.16. The number of fused-ring (bicyclic) bond motifs is 6. The van der Waals surface area contributed by atoms with Gasteiger partial charge in [-0.15, -0.1) is 0 Å². The summed E-state index contributed by atoms with van der Waals surface area (Å²) < 4.78 is 4.67. The van der Waals surface area contributed by atoms with Crippen LogP contribution in [-0.4, -0.2) is 9.13 Å². The summed E-state index contributed by atoms with van der Waals surface area (Å²) in [6, 6.07) is 50.2. The second kappa shape index (κ2) is 9.24. The van der Waals surface area contributed by atoms with Gasteiger partial charge in [-0.05, 0) is 72.3 Å². The van der Waals surface area contributed by atoms with Crippen LogP contribution in [0.2, 0.25) is 0 Å². The summed E-state index contributed by atoms with van der Waals surface area (Å²) in [6.07, 6.45) is 0. The lowest BCUT2D eigenvalue weighted by Crippen LogP contribution is -1.96. The molecule has 194 valence electrons. The lowest BCUT2D eigenvalue weighted by Gasteiger charge is -2.11. The van der Waals surface area contributed by atoms with E-state index in [-0.39, 0.29) is 0 Å². The summed E-state index contributed by atoms with van der Waals surface area (Å²) in [5.41, 5.74) is 9.50. The average Bonchev–Trinajstić information content (AvgIpc) is 3.56. The van der Waals surface area contributed by atoms with Gasteiger partial charge in [-0.25, -0.2) is 0 Å². The predicted molar refractivity (Wildman–Crippen MR) is 170 cm³/mol. The van der Waals surface area contributed by atoms with Crippen molar-refractivity contribution in [2.45, 2.75) is 0 Å². The summed E-state index contributed by atoms with van der Waals surface area (Å²) in [4.78, 5) is 0. The van der Waals surface area contributed by atoms with Crippen LogP contribution in [0.25, 0.3) is 66.1 Å². The molecular formula is C38H22N4. The highest BCUT2D eigenvalue weighted by molar-refractivity contribution is 6.19. The molecule has 8 rings (SSSR count). The van der Waals surface area contributed by atoms with E-state index in [4.69, 9.17) is 0 Å². The molecule has 4 heteroatoms. The Morgan fingerprint density at radius 2 is 1.00 bits per heavy atom. The van der Waals surface area contributed by atoms with E-state index in [2.05, 4.69) is 118 Å². The molecule has 0 fully saturated rings. The molecule has 42 heavy (non-hydrogen) atoms. The maximum absolute atomic E-state index is 9.69. The Kier molecular flexibility index (Phi) is 5.22. The maximum atomic E-state index is 9.69. The minimum atomic E-state index is 0.535. The minimum Gasteiger partial charge on any atom is -0.309 e. The SMILES string of the molecule is N#Cc1ccc(C#N)c(-c2ccc(-n3c4ccccc4c4cc5c6ccccc6n(-c6ccccc6)c5cc43)cc2)c1. The van der Waals surface area contributed by atoms with Gasteiger partial charge in [0.1, 0.15) is 0 Å². The average molecular weight is 535 g/mol. The number of hydrogen-bond acceptors (Lipinski definition) is 2. The van der Waals surface area contributed by atoms with Crippen molar-refractivity contribution in [3.05, 3.63) is 145 Å². The van der Waals surface area contributed by atoms with Gasteiger partial charge < -0.3 is 9.13 Å². The molecule has 6 aromatic carbocycles. The van der Waals surface area contributed by atoms with Gasteiger partial charge in [-0.2, -0.15) is 10.5 Å². The quantitative estimate of drug-likeness (QED) is 0.227. The second-order valence-corrected chi connectivity index (χ2v) is 10.5. The Hall–Kier alpha value is -6.10. The summed E-state index contributed by atoms with van der Waals surface area (Å²) in [5.74, 6) is 0. The van der Waals surface area contributed by atoms with Crippen molar-refractivity contribution in [2.24, 2.45) is 0 Å². The normalized spacial score (nSPS) is 11.3. The maximum Gasteiger partial charge on any atom is 0.0998 e. The van der Waals surface area contributed by atoms with E-state index in [0.717, 1.165) is 39.1 Å². The van der Waals surface area contributed by atoms with Crippen LogP contribution in [0.1, 0.15) is 11.1 Å². The molecule has 4 nitrogen and oxygen atoms in total. The number of aromatic nitrogens is 2. The zero-order valence-electron chi connectivity index (χ0n) is 22.5. The third-order valence-electron chi connectivity index (χ3n) is 8.19. The molecule has 0 aliphatic carbocycles. The molecule has 2 heterocycles. The number of benzene rings is 6. The first kappa shape index (κ1) is 23.8. The number of nitrogens with zero attached hydrogens (tertiary/aromatic N) is 4. The molecule has 2 aromatic heterocycles. The second-order valence-electron chi connectivity index (χ2n) is 10.5. The number of rotatable bonds is 3. The van der Waals surface area contributed by atoms with Crippen LogP contribution >= 0.6 is 0 Å².